The highest BCUT2D eigenvalue weighted by atomic mass is 16.6. The molecule has 10 heteroatoms. The number of methoxy groups -OCH3 is 1. The lowest BCUT2D eigenvalue weighted by molar-refractivity contribution is 0.0689. The van der Waals surface area contributed by atoms with Gasteiger partial charge in [-0.1, -0.05) is 56.3 Å². The van der Waals surface area contributed by atoms with E-state index in [9.17, 15) is 9.59 Å². The summed E-state index contributed by atoms with van der Waals surface area (Å²) in [6, 6.07) is 21.9. The van der Waals surface area contributed by atoms with Gasteiger partial charge in [0, 0.05) is 30.5 Å². The van der Waals surface area contributed by atoms with Gasteiger partial charge in [-0.05, 0) is 61.3 Å². The highest BCUT2D eigenvalue weighted by molar-refractivity contribution is 6.00. The number of oxazole rings is 1. The largest absolute Gasteiger partial charge is 0.496 e. The van der Waals surface area contributed by atoms with Crippen molar-refractivity contribution in [1.29, 1.82) is 0 Å². The van der Waals surface area contributed by atoms with Crippen molar-refractivity contribution < 1.29 is 23.5 Å². The number of hydrogen-bond acceptors (Lipinski definition) is 7. The number of hydrogen-bond donors (Lipinski definition) is 3. The normalized spacial score (nSPS) is 11.5. The van der Waals surface area contributed by atoms with E-state index in [1.807, 2.05) is 42.5 Å². The highest BCUT2D eigenvalue weighted by Gasteiger charge is 2.20. The summed E-state index contributed by atoms with van der Waals surface area (Å²) in [6.45, 7) is 7.05. The van der Waals surface area contributed by atoms with Crippen molar-refractivity contribution in [2.24, 2.45) is 0 Å². The molecule has 4 rings (SSSR count). The van der Waals surface area contributed by atoms with E-state index < -0.39 is 12.1 Å². The Labute approximate surface area is 252 Å². The summed E-state index contributed by atoms with van der Waals surface area (Å²) in [5.74, 6) is 1.10. The first-order valence-electron chi connectivity index (χ1n) is 14.4. The number of urea groups is 1. The number of nitrogens with zero attached hydrogens (tertiary/aromatic N) is 2. The van der Waals surface area contributed by atoms with Crippen molar-refractivity contribution in [2.75, 3.05) is 37.4 Å². The lowest BCUT2D eigenvalue weighted by Crippen LogP contribution is -2.34. The van der Waals surface area contributed by atoms with Crippen LogP contribution in [0.5, 0.6) is 5.75 Å². The average Bonchev–Trinajstić information content (AvgIpc) is 3.55. The van der Waals surface area contributed by atoms with Gasteiger partial charge in [0.1, 0.15) is 11.9 Å². The number of benzene rings is 3. The van der Waals surface area contributed by atoms with Gasteiger partial charge in [0.2, 0.25) is 0 Å². The molecule has 0 saturated heterocycles. The standard InChI is InChI=1S/C33H39N5O5/c1-4-16-38(17-5-2)22-31(25-11-7-6-8-12-25)43-33(40)35-20-24-10-9-13-26(18-24)36-32(39)37-27-14-15-28(29(19-27)41-3)30-21-34-23-42-30/h6-15,18-19,21,23,31H,4-5,16-17,20,22H2,1-3H3,(H,35,40)(H2,36,37,39). The first-order valence-corrected chi connectivity index (χ1v) is 14.4. The molecule has 0 aliphatic heterocycles. The number of anilines is 2. The third kappa shape index (κ3) is 9.34. The van der Waals surface area contributed by atoms with Crippen LogP contribution in [-0.4, -0.2) is 48.8 Å². The number of carbonyl (C=O) groups excluding carboxylic acids is 2. The van der Waals surface area contributed by atoms with Gasteiger partial charge in [0.05, 0.1) is 18.9 Å². The minimum atomic E-state index is -0.499. The third-order valence-electron chi connectivity index (χ3n) is 6.70. The van der Waals surface area contributed by atoms with E-state index in [-0.39, 0.29) is 12.6 Å². The molecule has 1 unspecified atom stereocenters. The molecule has 0 saturated carbocycles. The fourth-order valence-corrected chi connectivity index (χ4v) is 4.76. The molecule has 3 N–H and O–H groups in total. The Morgan fingerprint density at radius 3 is 2.35 bits per heavy atom. The molecule has 3 amide bonds. The lowest BCUT2D eigenvalue weighted by Gasteiger charge is -2.27. The summed E-state index contributed by atoms with van der Waals surface area (Å²) < 4.78 is 16.7. The molecule has 4 aromatic rings. The van der Waals surface area contributed by atoms with Crippen LogP contribution in [0.25, 0.3) is 11.3 Å². The molecule has 1 atom stereocenters. The quantitative estimate of drug-likeness (QED) is 0.145. The van der Waals surface area contributed by atoms with Crippen LogP contribution in [0.2, 0.25) is 0 Å². The maximum absolute atomic E-state index is 12.9. The van der Waals surface area contributed by atoms with E-state index in [0.717, 1.165) is 42.6 Å². The number of aromatic nitrogens is 1. The summed E-state index contributed by atoms with van der Waals surface area (Å²) in [5, 5.41) is 8.49. The van der Waals surface area contributed by atoms with E-state index in [2.05, 4.69) is 39.7 Å². The zero-order chi connectivity index (χ0) is 30.4. The van der Waals surface area contributed by atoms with E-state index in [1.54, 1.807) is 43.6 Å². The number of carbonyl (C=O) groups is 2. The average molecular weight is 586 g/mol. The first-order chi connectivity index (χ1) is 21.0. The smallest absolute Gasteiger partial charge is 0.408 e. The van der Waals surface area contributed by atoms with Crippen LogP contribution in [0.1, 0.15) is 43.9 Å². The number of nitrogens with one attached hydrogen (secondary N) is 3. The number of amides is 3. The molecule has 0 radical (unpaired) electrons. The summed E-state index contributed by atoms with van der Waals surface area (Å²) >= 11 is 0. The van der Waals surface area contributed by atoms with Crippen LogP contribution in [0.3, 0.4) is 0 Å². The van der Waals surface area contributed by atoms with Crippen molar-refractivity contribution in [3.8, 4) is 17.1 Å². The maximum atomic E-state index is 12.9. The second kappa shape index (κ2) is 16.0. The fraction of sp³-hybridized carbons (Fsp3) is 0.303. The van der Waals surface area contributed by atoms with Gasteiger partial charge in [-0.2, -0.15) is 0 Å². The van der Waals surface area contributed by atoms with E-state index in [4.69, 9.17) is 13.9 Å². The monoisotopic (exact) mass is 585 g/mol. The molecule has 10 nitrogen and oxygen atoms in total. The minimum absolute atomic E-state index is 0.241. The second-order valence-corrected chi connectivity index (χ2v) is 10.0. The summed E-state index contributed by atoms with van der Waals surface area (Å²) in [5.41, 5.74) is 3.61. The predicted octanol–water partition coefficient (Wildman–Crippen LogP) is 7.08. The van der Waals surface area contributed by atoms with E-state index in [1.165, 1.54) is 6.39 Å². The van der Waals surface area contributed by atoms with Crippen LogP contribution < -0.4 is 20.7 Å². The first kappa shape index (κ1) is 31.1. The van der Waals surface area contributed by atoms with Crippen molar-refractivity contribution in [3.63, 3.8) is 0 Å². The molecule has 1 heterocycles. The lowest BCUT2D eigenvalue weighted by atomic mass is 10.1. The van der Waals surface area contributed by atoms with Gasteiger partial charge in [0.25, 0.3) is 0 Å². The fourth-order valence-electron chi connectivity index (χ4n) is 4.76. The Kier molecular flexibility index (Phi) is 11.6. The van der Waals surface area contributed by atoms with Crippen molar-refractivity contribution in [2.45, 2.75) is 39.3 Å². The summed E-state index contributed by atoms with van der Waals surface area (Å²) in [4.78, 5) is 31.8. The SMILES string of the molecule is CCCN(CCC)CC(OC(=O)NCc1cccc(NC(=O)Nc2ccc(-c3cnco3)c(OC)c2)c1)c1ccccc1. The molecule has 0 aliphatic rings. The van der Waals surface area contributed by atoms with Crippen molar-refractivity contribution in [3.05, 3.63) is 96.5 Å². The maximum Gasteiger partial charge on any atom is 0.408 e. The number of alkyl carbamates (subject to hydrolysis) is 1. The third-order valence-corrected chi connectivity index (χ3v) is 6.70. The zero-order valence-corrected chi connectivity index (χ0v) is 24.8. The zero-order valence-electron chi connectivity index (χ0n) is 24.8. The second-order valence-electron chi connectivity index (χ2n) is 10.0. The molecule has 0 aliphatic carbocycles. The van der Waals surface area contributed by atoms with Crippen LogP contribution >= 0.6 is 0 Å². The Morgan fingerprint density at radius 2 is 1.67 bits per heavy atom. The Hall–Kier alpha value is -4.83. The van der Waals surface area contributed by atoms with Crippen LogP contribution in [-0.2, 0) is 11.3 Å². The van der Waals surface area contributed by atoms with E-state index in [0.29, 0.717) is 29.4 Å². The van der Waals surface area contributed by atoms with Gasteiger partial charge in [-0.15, -0.1) is 0 Å². The molecule has 3 aromatic carbocycles. The molecular weight excluding hydrogens is 546 g/mol. The van der Waals surface area contributed by atoms with Gasteiger partial charge in [-0.25, -0.2) is 14.6 Å². The van der Waals surface area contributed by atoms with Gasteiger partial charge in [0.15, 0.2) is 12.2 Å². The molecule has 43 heavy (non-hydrogen) atoms. The Bertz CT molecular complexity index is 1440. The summed E-state index contributed by atoms with van der Waals surface area (Å²) in [6.07, 6.45) is 4.11. The van der Waals surface area contributed by atoms with Crippen LogP contribution in [0.15, 0.2) is 89.8 Å². The van der Waals surface area contributed by atoms with Crippen molar-refractivity contribution in [1.82, 2.24) is 15.2 Å². The van der Waals surface area contributed by atoms with Crippen LogP contribution in [0, 0.1) is 0 Å². The van der Waals surface area contributed by atoms with Gasteiger partial charge >= 0.3 is 12.1 Å². The number of rotatable bonds is 14. The Morgan fingerprint density at radius 1 is 0.930 bits per heavy atom. The predicted molar refractivity (Wildman–Crippen MR) is 167 cm³/mol. The Balaban J connectivity index is 1.33. The van der Waals surface area contributed by atoms with Gasteiger partial charge < -0.3 is 29.8 Å². The molecule has 0 spiro atoms. The molecule has 0 bridgehead atoms. The molecular formula is C33H39N5O5. The molecule has 0 fully saturated rings. The van der Waals surface area contributed by atoms with Crippen LogP contribution in [0.4, 0.5) is 21.0 Å². The molecule has 1 aromatic heterocycles. The highest BCUT2D eigenvalue weighted by Crippen LogP contribution is 2.32. The number of ether oxygens (including phenoxy) is 2. The molecule has 226 valence electrons. The van der Waals surface area contributed by atoms with Crippen molar-refractivity contribution >= 4 is 23.5 Å². The minimum Gasteiger partial charge on any atom is -0.496 e. The summed E-state index contributed by atoms with van der Waals surface area (Å²) in [7, 11) is 1.55. The van der Waals surface area contributed by atoms with Gasteiger partial charge in [-0.3, -0.25) is 4.90 Å². The topological polar surface area (TPSA) is 118 Å². The van der Waals surface area contributed by atoms with E-state index >= 15 is 0 Å².